The Morgan fingerprint density at radius 1 is 1.21 bits per heavy atom. The van der Waals surface area contributed by atoms with Crippen molar-refractivity contribution in [1.82, 2.24) is 14.9 Å². The molecule has 0 atom stereocenters. The zero-order valence-corrected chi connectivity index (χ0v) is 14.2. The highest BCUT2D eigenvalue weighted by Gasteiger charge is 2.12. The highest BCUT2D eigenvalue weighted by Crippen LogP contribution is 2.29. The Morgan fingerprint density at radius 2 is 1.96 bits per heavy atom. The number of nitrogens with one attached hydrogen (secondary N) is 1. The van der Waals surface area contributed by atoms with Crippen LogP contribution < -0.4 is 5.32 Å². The second kappa shape index (κ2) is 6.90. The molecule has 0 amide bonds. The number of hydrogen-bond donors (Lipinski definition) is 1. The highest BCUT2D eigenvalue weighted by atomic mass is 32.1. The van der Waals surface area contributed by atoms with Gasteiger partial charge in [0, 0.05) is 30.8 Å². The second-order valence-corrected chi connectivity index (χ2v) is 6.48. The molecule has 3 aromatic rings. The van der Waals surface area contributed by atoms with Crippen LogP contribution in [0.1, 0.15) is 0 Å². The van der Waals surface area contributed by atoms with Crippen LogP contribution in [0.3, 0.4) is 0 Å². The van der Waals surface area contributed by atoms with Crippen LogP contribution in [0.4, 0.5) is 11.5 Å². The maximum atomic E-state index is 10.8. The number of likely N-dealkylation sites (N-methyl/N-ethyl adjacent to an activating group) is 1. The van der Waals surface area contributed by atoms with Crippen molar-refractivity contribution in [3.63, 3.8) is 0 Å². The first-order valence-electron chi connectivity index (χ1n) is 7.43. The molecular formula is C16H17N5O2S. The number of fused-ring (bicyclic) bond motifs is 1. The summed E-state index contributed by atoms with van der Waals surface area (Å²) < 4.78 is 1.01. The lowest BCUT2D eigenvalue weighted by Crippen LogP contribution is -2.21. The van der Waals surface area contributed by atoms with Gasteiger partial charge in [0.15, 0.2) is 5.82 Å². The molecule has 0 saturated heterocycles. The van der Waals surface area contributed by atoms with Gasteiger partial charge in [0.05, 0.1) is 15.1 Å². The molecule has 0 aliphatic carbocycles. The molecule has 124 valence electrons. The number of non-ortho nitro benzene ring substituents is 1. The quantitative estimate of drug-likeness (QED) is 0.546. The van der Waals surface area contributed by atoms with E-state index in [1.807, 2.05) is 25.5 Å². The van der Waals surface area contributed by atoms with Crippen LogP contribution in [0.2, 0.25) is 0 Å². The van der Waals surface area contributed by atoms with E-state index in [9.17, 15) is 10.1 Å². The summed E-state index contributed by atoms with van der Waals surface area (Å²) in [5.41, 5.74) is 1.68. The van der Waals surface area contributed by atoms with Crippen LogP contribution in [0, 0.1) is 10.1 Å². The van der Waals surface area contributed by atoms with E-state index in [2.05, 4.69) is 20.2 Å². The lowest BCUT2D eigenvalue weighted by molar-refractivity contribution is -0.384. The molecule has 0 saturated carbocycles. The number of hydrogen-bond acceptors (Lipinski definition) is 7. The largest absolute Gasteiger partial charge is 0.367 e. The Labute approximate surface area is 143 Å². The summed E-state index contributed by atoms with van der Waals surface area (Å²) in [6.07, 6.45) is 0. The average molecular weight is 343 g/mol. The molecule has 3 rings (SSSR count). The normalized spacial score (nSPS) is 11.1. The van der Waals surface area contributed by atoms with Crippen molar-refractivity contribution in [2.24, 2.45) is 0 Å². The van der Waals surface area contributed by atoms with Crippen LogP contribution in [-0.4, -0.2) is 47.0 Å². The Morgan fingerprint density at radius 3 is 2.62 bits per heavy atom. The molecule has 1 aromatic carbocycles. The van der Waals surface area contributed by atoms with Crippen molar-refractivity contribution in [1.29, 1.82) is 0 Å². The topological polar surface area (TPSA) is 84.2 Å². The van der Waals surface area contributed by atoms with Gasteiger partial charge in [-0.3, -0.25) is 10.1 Å². The van der Waals surface area contributed by atoms with Gasteiger partial charge in [-0.25, -0.2) is 9.97 Å². The summed E-state index contributed by atoms with van der Waals surface area (Å²) in [5, 5.41) is 16.1. The third-order valence-electron chi connectivity index (χ3n) is 3.49. The van der Waals surface area contributed by atoms with Crippen LogP contribution in [0.5, 0.6) is 0 Å². The van der Waals surface area contributed by atoms with E-state index < -0.39 is 4.92 Å². The van der Waals surface area contributed by atoms with Crippen molar-refractivity contribution in [3.05, 3.63) is 45.8 Å². The first kappa shape index (κ1) is 16.3. The standard InChI is InChI=1S/C16H17N5O2S/c1-20(2)9-8-17-16-14-13(7-10-24-14)18-15(19-16)11-3-5-12(6-4-11)21(22)23/h3-7,10H,8-9H2,1-2H3,(H,17,18,19). The Kier molecular flexibility index (Phi) is 4.68. The number of nitro benzene ring substituents is 1. The molecule has 0 radical (unpaired) electrons. The number of nitrogens with zero attached hydrogens (tertiary/aromatic N) is 4. The van der Waals surface area contributed by atoms with Gasteiger partial charge in [-0.1, -0.05) is 0 Å². The number of aromatic nitrogens is 2. The van der Waals surface area contributed by atoms with E-state index in [0.29, 0.717) is 5.82 Å². The van der Waals surface area contributed by atoms with Crippen LogP contribution >= 0.6 is 11.3 Å². The zero-order valence-electron chi connectivity index (χ0n) is 13.4. The van der Waals surface area contributed by atoms with E-state index in [1.54, 1.807) is 23.5 Å². The van der Waals surface area contributed by atoms with Gasteiger partial charge in [-0.2, -0.15) is 0 Å². The number of anilines is 1. The summed E-state index contributed by atoms with van der Waals surface area (Å²) in [6.45, 7) is 1.67. The van der Waals surface area contributed by atoms with Gasteiger partial charge in [-0.15, -0.1) is 11.3 Å². The molecule has 24 heavy (non-hydrogen) atoms. The highest BCUT2D eigenvalue weighted by molar-refractivity contribution is 7.17. The molecule has 2 aromatic heterocycles. The maximum absolute atomic E-state index is 10.8. The fourth-order valence-electron chi connectivity index (χ4n) is 2.24. The molecule has 0 aliphatic heterocycles. The molecule has 2 heterocycles. The zero-order chi connectivity index (χ0) is 17.1. The number of rotatable bonds is 6. The predicted molar refractivity (Wildman–Crippen MR) is 96.5 cm³/mol. The van der Waals surface area contributed by atoms with Crippen molar-refractivity contribution in [2.45, 2.75) is 0 Å². The van der Waals surface area contributed by atoms with Crippen molar-refractivity contribution in [2.75, 3.05) is 32.5 Å². The average Bonchev–Trinajstić information content (AvgIpc) is 3.03. The van der Waals surface area contributed by atoms with Crippen molar-refractivity contribution < 1.29 is 4.92 Å². The van der Waals surface area contributed by atoms with Crippen LogP contribution in [0.15, 0.2) is 35.7 Å². The Bertz CT molecular complexity index is 861. The lowest BCUT2D eigenvalue weighted by Gasteiger charge is -2.12. The molecule has 0 fully saturated rings. The molecule has 0 bridgehead atoms. The van der Waals surface area contributed by atoms with Crippen molar-refractivity contribution >= 4 is 33.1 Å². The molecular weight excluding hydrogens is 326 g/mol. The summed E-state index contributed by atoms with van der Waals surface area (Å²) in [5.74, 6) is 1.35. The van der Waals surface area contributed by atoms with Gasteiger partial charge >= 0.3 is 0 Å². The first-order chi connectivity index (χ1) is 11.5. The van der Waals surface area contributed by atoms with Crippen LogP contribution in [-0.2, 0) is 0 Å². The predicted octanol–water partition coefficient (Wildman–Crippen LogP) is 3.24. The van der Waals surface area contributed by atoms with Gasteiger partial charge in [0.1, 0.15) is 5.82 Å². The molecule has 7 nitrogen and oxygen atoms in total. The first-order valence-corrected chi connectivity index (χ1v) is 8.31. The van der Waals surface area contributed by atoms with E-state index in [0.717, 1.165) is 34.7 Å². The van der Waals surface area contributed by atoms with Gasteiger partial charge in [-0.05, 0) is 37.7 Å². The van der Waals surface area contributed by atoms with Crippen LogP contribution in [0.25, 0.3) is 21.6 Å². The summed E-state index contributed by atoms with van der Waals surface area (Å²) >= 11 is 1.59. The molecule has 0 spiro atoms. The fourth-order valence-corrected chi connectivity index (χ4v) is 3.04. The van der Waals surface area contributed by atoms with E-state index in [1.165, 1.54) is 12.1 Å². The number of nitro groups is 1. The van der Waals surface area contributed by atoms with Crippen molar-refractivity contribution in [3.8, 4) is 11.4 Å². The monoisotopic (exact) mass is 343 g/mol. The third-order valence-corrected chi connectivity index (χ3v) is 4.40. The SMILES string of the molecule is CN(C)CCNc1nc(-c2ccc([N+](=O)[O-])cc2)nc2ccsc12. The number of benzene rings is 1. The molecule has 1 N–H and O–H groups in total. The van der Waals surface area contributed by atoms with E-state index in [4.69, 9.17) is 0 Å². The molecule has 0 aliphatic rings. The number of thiophene rings is 1. The van der Waals surface area contributed by atoms with Gasteiger partial charge in [0.2, 0.25) is 0 Å². The van der Waals surface area contributed by atoms with E-state index in [-0.39, 0.29) is 5.69 Å². The van der Waals surface area contributed by atoms with Gasteiger partial charge in [0.25, 0.3) is 5.69 Å². The smallest absolute Gasteiger partial charge is 0.269 e. The summed E-state index contributed by atoms with van der Waals surface area (Å²) in [6, 6.07) is 8.24. The maximum Gasteiger partial charge on any atom is 0.269 e. The fraction of sp³-hybridized carbons (Fsp3) is 0.250. The minimum Gasteiger partial charge on any atom is -0.367 e. The van der Waals surface area contributed by atoms with E-state index >= 15 is 0 Å². The molecule has 8 heteroatoms. The summed E-state index contributed by atoms with van der Waals surface area (Å²) in [4.78, 5) is 21.6. The Balaban J connectivity index is 1.94. The third kappa shape index (κ3) is 3.50. The summed E-state index contributed by atoms with van der Waals surface area (Å²) in [7, 11) is 4.04. The Hall–Kier alpha value is -2.58. The minimum atomic E-state index is -0.416. The second-order valence-electron chi connectivity index (χ2n) is 5.56. The minimum absolute atomic E-state index is 0.0553. The van der Waals surface area contributed by atoms with Gasteiger partial charge < -0.3 is 10.2 Å². The lowest BCUT2D eigenvalue weighted by atomic mass is 10.2. The molecule has 0 unspecified atom stereocenters.